The van der Waals surface area contributed by atoms with Crippen molar-refractivity contribution < 1.29 is 4.79 Å². The van der Waals surface area contributed by atoms with Crippen LogP contribution in [0, 0.1) is 0 Å². The fourth-order valence-electron chi connectivity index (χ4n) is 1.80. The van der Waals surface area contributed by atoms with E-state index in [0.717, 1.165) is 16.5 Å². The molecule has 2 nitrogen and oxygen atoms in total. The quantitative estimate of drug-likeness (QED) is 0.565. The van der Waals surface area contributed by atoms with E-state index in [1.54, 1.807) is 6.08 Å². The summed E-state index contributed by atoms with van der Waals surface area (Å²) in [5, 5.41) is 5.13. The molecule has 13 heavy (non-hydrogen) atoms. The Morgan fingerprint density at radius 1 is 1.08 bits per heavy atom. The van der Waals surface area contributed by atoms with Gasteiger partial charge in [0, 0.05) is 16.9 Å². The number of carbonyl (C=O) groups is 1. The van der Waals surface area contributed by atoms with Gasteiger partial charge in [-0.25, -0.2) is 0 Å². The van der Waals surface area contributed by atoms with E-state index in [2.05, 4.69) is 5.32 Å². The number of hydrogen-bond acceptors (Lipinski definition) is 1. The van der Waals surface area contributed by atoms with E-state index in [0.29, 0.717) is 0 Å². The molecule has 1 aliphatic carbocycles. The van der Waals surface area contributed by atoms with Gasteiger partial charge in [0.05, 0.1) is 5.70 Å². The van der Waals surface area contributed by atoms with Gasteiger partial charge in [-0.3, -0.25) is 4.79 Å². The lowest BCUT2D eigenvalue weighted by Gasteiger charge is -1.94. The largest absolute Gasteiger partial charge is 0.321 e. The summed E-state index contributed by atoms with van der Waals surface area (Å²) in [7, 11) is 0. The van der Waals surface area contributed by atoms with Gasteiger partial charge in [0.1, 0.15) is 0 Å². The molecular weight excluding hydrogens is 162 g/mol. The van der Waals surface area contributed by atoms with Crippen LogP contribution in [0.25, 0.3) is 11.8 Å². The first-order valence-electron chi connectivity index (χ1n) is 4.19. The highest BCUT2D eigenvalue weighted by molar-refractivity contribution is 6.07. The molecule has 1 N–H and O–H groups in total. The SMILES string of the molecule is O=C1C=C2C=c3ccccc3=C2N1. The van der Waals surface area contributed by atoms with Crippen LogP contribution in [0.5, 0.6) is 0 Å². The van der Waals surface area contributed by atoms with Crippen LogP contribution in [-0.4, -0.2) is 5.91 Å². The standard InChI is InChI=1S/C11H7NO/c13-10-6-8-5-7-3-1-2-4-9(7)11(8)12-10/h1-6H,(H,12,13). The summed E-state index contributed by atoms with van der Waals surface area (Å²) < 4.78 is 0. The molecule has 0 aromatic heterocycles. The maximum atomic E-state index is 11.0. The number of nitrogens with one attached hydrogen (secondary N) is 1. The maximum Gasteiger partial charge on any atom is 0.249 e. The number of amides is 1. The van der Waals surface area contributed by atoms with Crippen molar-refractivity contribution in [1.82, 2.24) is 5.32 Å². The highest BCUT2D eigenvalue weighted by Gasteiger charge is 2.19. The second-order valence-corrected chi connectivity index (χ2v) is 3.20. The van der Waals surface area contributed by atoms with Crippen molar-refractivity contribution in [3.63, 3.8) is 0 Å². The van der Waals surface area contributed by atoms with Gasteiger partial charge in [0.25, 0.3) is 0 Å². The van der Waals surface area contributed by atoms with Crippen molar-refractivity contribution in [2.75, 3.05) is 0 Å². The minimum Gasteiger partial charge on any atom is -0.321 e. The number of benzene rings is 1. The van der Waals surface area contributed by atoms with Crippen molar-refractivity contribution in [2.45, 2.75) is 0 Å². The second-order valence-electron chi connectivity index (χ2n) is 3.20. The second kappa shape index (κ2) is 2.10. The lowest BCUT2D eigenvalue weighted by atomic mass is 10.2. The molecule has 0 atom stereocenters. The summed E-state index contributed by atoms with van der Waals surface area (Å²) in [5.41, 5.74) is 1.96. The van der Waals surface area contributed by atoms with Crippen LogP contribution in [-0.2, 0) is 4.79 Å². The molecule has 1 heterocycles. The summed E-state index contributed by atoms with van der Waals surface area (Å²) in [5.74, 6) is -0.0178. The predicted octanol–water partition coefficient (Wildman–Crippen LogP) is -0.355. The fraction of sp³-hybridized carbons (Fsp3) is 0. The van der Waals surface area contributed by atoms with E-state index < -0.39 is 0 Å². The number of rotatable bonds is 0. The first-order valence-corrected chi connectivity index (χ1v) is 4.19. The topological polar surface area (TPSA) is 29.1 Å². The molecule has 3 rings (SSSR count). The summed E-state index contributed by atoms with van der Waals surface area (Å²) in [6, 6.07) is 8.05. The van der Waals surface area contributed by atoms with Gasteiger partial charge < -0.3 is 5.32 Å². The molecule has 0 fully saturated rings. The molecule has 1 amide bonds. The van der Waals surface area contributed by atoms with Crippen LogP contribution < -0.4 is 15.8 Å². The molecule has 0 bridgehead atoms. The Morgan fingerprint density at radius 2 is 1.92 bits per heavy atom. The summed E-state index contributed by atoms with van der Waals surface area (Å²) in [6.45, 7) is 0. The Kier molecular flexibility index (Phi) is 1.08. The first-order chi connectivity index (χ1) is 6.34. The molecule has 0 radical (unpaired) electrons. The molecule has 2 heteroatoms. The van der Waals surface area contributed by atoms with Crippen molar-refractivity contribution >= 4 is 17.7 Å². The van der Waals surface area contributed by atoms with E-state index in [9.17, 15) is 4.79 Å². The van der Waals surface area contributed by atoms with Crippen LogP contribution in [0.4, 0.5) is 0 Å². The smallest absolute Gasteiger partial charge is 0.249 e. The zero-order valence-corrected chi connectivity index (χ0v) is 6.87. The third-order valence-corrected chi connectivity index (χ3v) is 2.36. The number of carbonyl (C=O) groups excluding carboxylic acids is 1. The van der Waals surface area contributed by atoms with Crippen LogP contribution >= 0.6 is 0 Å². The third-order valence-electron chi connectivity index (χ3n) is 2.36. The van der Waals surface area contributed by atoms with Crippen LogP contribution in [0.3, 0.4) is 0 Å². The van der Waals surface area contributed by atoms with Crippen molar-refractivity contribution in [2.24, 2.45) is 0 Å². The molecular formula is C11H7NO. The molecule has 62 valence electrons. The highest BCUT2D eigenvalue weighted by Crippen LogP contribution is 2.16. The van der Waals surface area contributed by atoms with Gasteiger partial charge in [-0.2, -0.15) is 0 Å². The zero-order valence-electron chi connectivity index (χ0n) is 6.87. The zero-order chi connectivity index (χ0) is 8.84. The summed E-state index contributed by atoms with van der Waals surface area (Å²) in [4.78, 5) is 11.0. The van der Waals surface area contributed by atoms with Gasteiger partial charge in [-0.1, -0.05) is 24.3 Å². The summed E-state index contributed by atoms with van der Waals surface area (Å²) in [6.07, 6.45) is 3.66. The minimum atomic E-state index is -0.0178. The van der Waals surface area contributed by atoms with E-state index in [4.69, 9.17) is 0 Å². The lowest BCUT2D eigenvalue weighted by molar-refractivity contribution is -0.115. The maximum absolute atomic E-state index is 11.0. The average Bonchev–Trinajstić information content (AvgIpc) is 2.60. The van der Waals surface area contributed by atoms with Gasteiger partial charge >= 0.3 is 0 Å². The van der Waals surface area contributed by atoms with E-state index in [-0.39, 0.29) is 5.91 Å². The van der Waals surface area contributed by atoms with Gasteiger partial charge in [-0.05, 0) is 11.3 Å². The van der Waals surface area contributed by atoms with Crippen molar-refractivity contribution in [3.05, 3.63) is 46.4 Å². The third kappa shape index (κ3) is 0.798. The summed E-state index contributed by atoms with van der Waals surface area (Å²) >= 11 is 0. The minimum absolute atomic E-state index is 0.0178. The van der Waals surface area contributed by atoms with Crippen LogP contribution in [0.15, 0.2) is 35.9 Å². The number of fused-ring (bicyclic) bond motifs is 2. The van der Waals surface area contributed by atoms with Gasteiger partial charge in [0.2, 0.25) is 5.91 Å². The predicted molar refractivity (Wildman–Crippen MR) is 49.8 cm³/mol. The normalized spacial score (nSPS) is 17.4. The Hall–Kier alpha value is -1.83. The van der Waals surface area contributed by atoms with Crippen molar-refractivity contribution in [1.29, 1.82) is 0 Å². The first kappa shape index (κ1) is 6.66. The highest BCUT2D eigenvalue weighted by atomic mass is 16.1. The molecule has 0 saturated carbocycles. The van der Waals surface area contributed by atoms with Crippen molar-refractivity contribution in [3.8, 4) is 0 Å². The van der Waals surface area contributed by atoms with E-state index in [1.165, 1.54) is 5.22 Å². The molecule has 0 saturated heterocycles. The van der Waals surface area contributed by atoms with Gasteiger partial charge in [0.15, 0.2) is 0 Å². The van der Waals surface area contributed by atoms with Crippen LogP contribution in [0.1, 0.15) is 0 Å². The Labute approximate surface area is 74.9 Å². The average molecular weight is 169 g/mol. The number of hydrogen-bond donors (Lipinski definition) is 1. The molecule has 2 aliphatic rings. The van der Waals surface area contributed by atoms with E-state index in [1.807, 2.05) is 30.3 Å². The van der Waals surface area contributed by atoms with E-state index >= 15 is 0 Å². The van der Waals surface area contributed by atoms with Crippen LogP contribution in [0.2, 0.25) is 0 Å². The Balaban J connectivity index is 2.47. The molecule has 0 spiro atoms. The fourth-order valence-corrected chi connectivity index (χ4v) is 1.80. The Bertz CT molecular complexity index is 552. The molecule has 1 aliphatic heterocycles. The molecule has 0 unspecified atom stereocenters. The molecule has 1 aromatic rings. The Morgan fingerprint density at radius 3 is 2.85 bits per heavy atom. The lowest BCUT2D eigenvalue weighted by Crippen LogP contribution is -2.27. The van der Waals surface area contributed by atoms with Gasteiger partial charge in [-0.15, -0.1) is 0 Å². The molecule has 1 aromatic carbocycles. The monoisotopic (exact) mass is 169 g/mol.